The lowest BCUT2D eigenvalue weighted by atomic mass is 10.0. The molecule has 0 saturated heterocycles. The topological polar surface area (TPSA) is 61.4 Å². The van der Waals surface area contributed by atoms with Crippen LogP contribution in [0.4, 0.5) is 10.1 Å². The highest BCUT2D eigenvalue weighted by atomic mass is 19.1. The Morgan fingerprint density at radius 1 is 1.28 bits per heavy atom. The van der Waals surface area contributed by atoms with Crippen molar-refractivity contribution in [3.63, 3.8) is 0 Å². The van der Waals surface area contributed by atoms with Gasteiger partial charge in [0.05, 0.1) is 0 Å². The molecule has 0 spiro atoms. The number of rotatable bonds is 4. The largest absolute Gasteiger partial charge is 0.373 e. The van der Waals surface area contributed by atoms with Gasteiger partial charge in [-0.05, 0) is 43.0 Å². The SMILES string of the molecule is Cc1cc(N[C@@H](C(=O)NO)C(C)C)cc(C)c1F. The van der Waals surface area contributed by atoms with Gasteiger partial charge in [-0.3, -0.25) is 10.0 Å². The van der Waals surface area contributed by atoms with Gasteiger partial charge in [0.25, 0.3) is 5.91 Å². The highest BCUT2D eigenvalue weighted by Crippen LogP contribution is 2.20. The van der Waals surface area contributed by atoms with E-state index in [4.69, 9.17) is 5.21 Å². The van der Waals surface area contributed by atoms with Crippen LogP contribution in [0.1, 0.15) is 25.0 Å². The van der Waals surface area contributed by atoms with Gasteiger partial charge in [0.15, 0.2) is 0 Å². The molecule has 100 valence electrons. The predicted molar refractivity (Wildman–Crippen MR) is 68.1 cm³/mol. The van der Waals surface area contributed by atoms with E-state index in [1.807, 2.05) is 13.8 Å². The van der Waals surface area contributed by atoms with Crippen LogP contribution in [-0.2, 0) is 4.79 Å². The number of carbonyl (C=O) groups excluding carboxylic acids is 1. The van der Waals surface area contributed by atoms with Gasteiger partial charge in [-0.1, -0.05) is 13.8 Å². The fourth-order valence-electron chi connectivity index (χ4n) is 1.81. The van der Waals surface area contributed by atoms with Crippen molar-refractivity contribution < 1.29 is 14.4 Å². The molecule has 5 heteroatoms. The smallest absolute Gasteiger partial charge is 0.266 e. The highest BCUT2D eigenvalue weighted by molar-refractivity contribution is 5.83. The molecule has 0 radical (unpaired) electrons. The van der Waals surface area contributed by atoms with Crippen LogP contribution in [0, 0.1) is 25.6 Å². The van der Waals surface area contributed by atoms with Crippen LogP contribution in [-0.4, -0.2) is 17.2 Å². The van der Waals surface area contributed by atoms with E-state index in [-0.39, 0.29) is 11.7 Å². The second-order valence-corrected chi connectivity index (χ2v) is 4.77. The summed E-state index contributed by atoms with van der Waals surface area (Å²) < 4.78 is 13.5. The molecule has 0 heterocycles. The van der Waals surface area contributed by atoms with Crippen LogP contribution < -0.4 is 10.8 Å². The minimum atomic E-state index is -0.570. The molecule has 0 aliphatic heterocycles. The number of hydroxylamine groups is 1. The fourth-order valence-corrected chi connectivity index (χ4v) is 1.81. The third-order valence-electron chi connectivity index (χ3n) is 2.82. The maximum atomic E-state index is 13.5. The summed E-state index contributed by atoms with van der Waals surface area (Å²) in [4.78, 5) is 11.5. The van der Waals surface area contributed by atoms with Crippen molar-refractivity contribution in [2.45, 2.75) is 33.7 Å². The molecule has 0 aliphatic rings. The normalized spacial score (nSPS) is 12.4. The van der Waals surface area contributed by atoms with Gasteiger partial charge in [-0.25, -0.2) is 9.87 Å². The van der Waals surface area contributed by atoms with Gasteiger partial charge < -0.3 is 5.32 Å². The summed E-state index contributed by atoms with van der Waals surface area (Å²) >= 11 is 0. The molecular weight excluding hydrogens is 235 g/mol. The van der Waals surface area contributed by atoms with Crippen LogP contribution in [0.25, 0.3) is 0 Å². The molecule has 3 N–H and O–H groups in total. The maximum absolute atomic E-state index is 13.5. The van der Waals surface area contributed by atoms with Gasteiger partial charge in [0.2, 0.25) is 0 Å². The maximum Gasteiger partial charge on any atom is 0.266 e. The van der Waals surface area contributed by atoms with Crippen molar-refractivity contribution >= 4 is 11.6 Å². The van der Waals surface area contributed by atoms with Crippen molar-refractivity contribution in [3.05, 3.63) is 29.1 Å². The number of benzene rings is 1. The van der Waals surface area contributed by atoms with Gasteiger partial charge >= 0.3 is 0 Å². The number of amides is 1. The van der Waals surface area contributed by atoms with Crippen LogP contribution in [0.2, 0.25) is 0 Å². The van der Waals surface area contributed by atoms with Crippen molar-refractivity contribution in [2.75, 3.05) is 5.32 Å². The third-order valence-corrected chi connectivity index (χ3v) is 2.82. The van der Waals surface area contributed by atoms with Gasteiger partial charge in [0, 0.05) is 5.69 Å². The summed E-state index contributed by atoms with van der Waals surface area (Å²) in [5.74, 6) is -0.763. The minimum absolute atomic E-state index is 0.0113. The molecule has 1 atom stereocenters. The average molecular weight is 254 g/mol. The van der Waals surface area contributed by atoms with Crippen molar-refractivity contribution in [3.8, 4) is 0 Å². The molecule has 1 rings (SSSR count). The molecule has 4 nitrogen and oxygen atoms in total. The zero-order valence-electron chi connectivity index (χ0n) is 11.0. The summed E-state index contributed by atoms with van der Waals surface area (Å²) in [7, 11) is 0. The predicted octanol–water partition coefficient (Wildman–Crippen LogP) is 2.38. The van der Waals surface area contributed by atoms with E-state index in [9.17, 15) is 9.18 Å². The summed E-state index contributed by atoms with van der Waals surface area (Å²) in [5.41, 5.74) is 3.33. The van der Waals surface area contributed by atoms with E-state index in [1.165, 1.54) is 0 Å². The first-order valence-corrected chi connectivity index (χ1v) is 5.84. The molecule has 0 aliphatic carbocycles. The minimum Gasteiger partial charge on any atom is -0.373 e. The van der Waals surface area contributed by atoms with Gasteiger partial charge in [-0.15, -0.1) is 0 Å². The van der Waals surface area contributed by atoms with E-state index in [0.29, 0.717) is 16.8 Å². The Morgan fingerprint density at radius 3 is 2.17 bits per heavy atom. The van der Waals surface area contributed by atoms with Crippen LogP contribution in [0.3, 0.4) is 0 Å². The van der Waals surface area contributed by atoms with Crippen LogP contribution in [0.15, 0.2) is 12.1 Å². The van der Waals surface area contributed by atoms with E-state index >= 15 is 0 Å². The second kappa shape index (κ2) is 5.82. The van der Waals surface area contributed by atoms with Crippen LogP contribution in [0.5, 0.6) is 0 Å². The number of aryl methyl sites for hydroxylation is 2. The Morgan fingerprint density at radius 2 is 1.78 bits per heavy atom. The number of carbonyl (C=O) groups is 1. The zero-order chi connectivity index (χ0) is 13.9. The quantitative estimate of drug-likeness (QED) is 0.571. The number of hydrogen-bond acceptors (Lipinski definition) is 3. The third kappa shape index (κ3) is 3.20. The standard InChI is InChI=1S/C13H19FN2O2/c1-7(2)12(13(17)16-18)15-10-5-8(3)11(14)9(4)6-10/h5-7,12,15,18H,1-4H3,(H,16,17)/t12-/m1/s1. The Labute approximate surface area is 106 Å². The first kappa shape index (κ1) is 14.4. The molecule has 0 fully saturated rings. The average Bonchev–Trinajstić information content (AvgIpc) is 2.31. The van der Waals surface area contributed by atoms with Crippen LogP contribution >= 0.6 is 0 Å². The molecule has 0 saturated carbocycles. The van der Waals surface area contributed by atoms with Crippen molar-refractivity contribution in [1.82, 2.24) is 5.48 Å². The zero-order valence-corrected chi connectivity index (χ0v) is 11.0. The first-order valence-electron chi connectivity index (χ1n) is 5.84. The summed E-state index contributed by atoms with van der Waals surface area (Å²) in [6.45, 7) is 7.06. The van der Waals surface area contributed by atoms with E-state index < -0.39 is 11.9 Å². The Bertz CT molecular complexity index is 424. The molecule has 1 amide bonds. The highest BCUT2D eigenvalue weighted by Gasteiger charge is 2.21. The number of hydrogen-bond donors (Lipinski definition) is 3. The molecule has 18 heavy (non-hydrogen) atoms. The summed E-state index contributed by atoms with van der Waals surface area (Å²) in [5, 5.41) is 11.7. The molecular formula is C13H19FN2O2. The molecule has 0 bridgehead atoms. The number of halogens is 1. The Kier molecular flexibility index (Phi) is 4.67. The van der Waals surface area contributed by atoms with E-state index in [1.54, 1.807) is 31.5 Å². The number of anilines is 1. The lowest BCUT2D eigenvalue weighted by molar-refractivity contribution is -0.130. The molecule has 0 aromatic heterocycles. The lowest BCUT2D eigenvalue weighted by Gasteiger charge is -2.22. The monoisotopic (exact) mass is 254 g/mol. The van der Waals surface area contributed by atoms with Crippen molar-refractivity contribution in [1.29, 1.82) is 0 Å². The molecule has 1 aromatic rings. The number of nitrogens with one attached hydrogen (secondary N) is 2. The van der Waals surface area contributed by atoms with E-state index in [2.05, 4.69) is 5.32 Å². The molecule has 1 aromatic carbocycles. The van der Waals surface area contributed by atoms with E-state index in [0.717, 1.165) is 0 Å². The van der Waals surface area contributed by atoms with Gasteiger partial charge in [0.1, 0.15) is 11.9 Å². The van der Waals surface area contributed by atoms with Gasteiger partial charge in [-0.2, -0.15) is 0 Å². The fraction of sp³-hybridized carbons (Fsp3) is 0.462. The molecule has 0 unspecified atom stereocenters. The second-order valence-electron chi connectivity index (χ2n) is 4.77. The Hall–Kier alpha value is -1.62. The lowest BCUT2D eigenvalue weighted by Crippen LogP contribution is -2.41. The first-order chi connectivity index (χ1) is 8.36. The summed E-state index contributed by atoms with van der Waals surface area (Å²) in [6.07, 6.45) is 0. The Balaban J connectivity index is 2.98. The summed E-state index contributed by atoms with van der Waals surface area (Å²) in [6, 6.07) is 2.71. The van der Waals surface area contributed by atoms with Crippen molar-refractivity contribution in [2.24, 2.45) is 5.92 Å².